The monoisotopic (exact) mass is 316 g/mol. The lowest BCUT2D eigenvalue weighted by atomic mass is 10.1. The van der Waals surface area contributed by atoms with Gasteiger partial charge in [-0.05, 0) is 43.4 Å². The van der Waals surface area contributed by atoms with Crippen molar-refractivity contribution in [3.8, 4) is 0 Å². The van der Waals surface area contributed by atoms with E-state index < -0.39 is 10.0 Å². The minimum Gasteiger partial charge on any atom is -0.399 e. The summed E-state index contributed by atoms with van der Waals surface area (Å²) in [7, 11) is -3.68. The molecule has 1 aromatic carbocycles. The highest BCUT2D eigenvalue weighted by Crippen LogP contribution is 2.39. The molecule has 0 bridgehead atoms. The van der Waals surface area contributed by atoms with Crippen molar-refractivity contribution in [3.05, 3.63) is 23.2 Å². The van der Waals surface area contributed by atoms with Crippen LogP contribution in [0.2, 0.25) is 5.02 Å². The zero-order valence-electron chi connectivity index (χ0n) is 10.9. The molecular formula is C13H17ClN2O3S. The van der Waals surface area contributed by atoms with E-state index in [-0.39, 0.29) is 22.1 Å². The van der Waals surface area contributed by atoms with Crippen LogP contribution in [0.5, 0.6) is 0 Å². The summed E-state index contributed by atoms with van der Waals surface area (Å²) in [5, 5.41) is 0.175. The minimum absolute atomic E-state index is 0.00962. The number of nitrogens with two attached hydrogens (primary N) is 1. The summed E-state index contributed by atoms with van der Waals surface area (Å²) in [5.41, 5.74) is 6.01. The van der Waals surface area contributed by atoms with Crippen LogP contribution in [0.3, 0.4) is 0 Å². The molecule has 0 aromatic heterocycles. The molecule has 1 aromatic rings. The highest BCUT2D eigenvalue weighted by atomic mass is 35.5. The third kappa shape index (κ3) is 2.79. The zero-order valence-corrected chi connectivity index (χ0v) is 12.5. The van der Waals surface area contributed by atoms with E-state index in [9.17, 15) is 8.42 Å². The van der Waals surface area contributed by atoms with Crippen LogP contribution in [0.1, 0.15) is 19.3 Å². The first-order chi connectivity index (χ1) is 9.47. The van der Waals surface area contributed by atoms with Crippen LogP contribution in [0.25, 0.3) is 0 Å². The van der Waals surface area contributed by atoms with Crippen LogP contribution in [0, 0.1) is 5.92 Å². The molecule has 0 amide bonds. The number of hydrogen-bond donors (Lipinski definition) is 2. The fourth-order valence-electron chi connectivity index (χ4n) is 2.62. The number of nitrogen functional groups attached to an aromatic ring is 1. The number of sulfonamides is 1. The Hall–Kier alpha value is -0.820. The molecule has 2 unspecified atom stereocenters. The Morgan fingerprint density at radius 1 is 1.30 bits per heavy atom. The van der Waals surface area contributed by atoms with Crippen molar-refractivity contribution in [2.45, 2.75) is 36.3 Å². The van der Waals surface area contributed by atoms with Crippen LogP contribution in [-0.2, 0) is 14.8 Å². The fourth-order valence-corrected chi connectivity index (χ4v) is 4.43. The summed E-state index contributed by atoms with van der Waals surface area (Å²) >= 11 is 5.97. The molecule has 2 atom stereocenters. The Morgan fingerprint density at radius 3 is 2.75 bits per heavy atom. The van der Waals surface area contributed by atoms with Crippen molar-refractivity contribution < 1.29 is 13.2 Å². The number of ether oxygens (including phenoxy) is 1. The van der Waals surface area contributed by atoms with E-state index in [1.165, 1.54) is 12.1 Å². The maximum absolute atomic E-state index is 12.4. The molecule has 1 heterocycles. The largest absolute Gasteiger partial charge is 0.399 e. The first kappa shape index (κ1) is 14.1. The normalized spacial score (nSPS) is 26.9. The summed E-state index contributed by atoms with van der Waals surface area (Å²) in [6, 6.07) is 4.28. The molecule has 1 aliphatic carbocycles. The Morgan fingerprint density at radius 2 is 2.05 bits per heavy atom. The number of hydrogen-bond acceptors (Lipinski definition) is 4. The van der Waals surface area contributed by atoms with E-state index >= 15 is 0 Å². The van der Waals surface area contributed by atoms with Crippen molar-refractivity contribution >= 4 is 27.3 Å². The van der Waals surface area contributed by atoms with E-state index in [1.54, 1.807) is 6.07 Å². The smallest absolute Gasteiger partial charge is 0.242 e. The quantitative estimate of drug-likeness (QED) is 0.829. The maximum atomic E-state index is 12.4. The second-order valence-electron chi connectivity index (χ2n) is 5.38. The van der Waals surface area contributed by atoms with Crippen molar-refractivity contribution in [1.82, 2.24) is 4.72 Å². The molecular weight excluding hydrogens is 300 g/mol. The lowest BCUT2D eigenvalue weighted by Crippen LogP contribution is -2.41. The number of benzene rings is 1. The zero-order chi connectivity index (χ0) is 14.3. The van der Waals surface area contributed by atoms with Gasteiger partial charge in [0.25, 0.3) is 0 Å². The van der Waals surface area contributed by atoms with Crippen LogP contribution in [0.15, 0.2) is 23.1 Å². The summed E-state index contributed by atoms with van der Waals surface area (Å²) < 4.78 is 33.2. The van der Waals surface area contributed by atoms with Gasteiger partial charge in [0.15, 0.2) is 0 Å². The maximum Gasteiger partial charge on any atom is 0.242 e. The van der Waals surface area contributed by atoms with Gasteiger partial charge >= 0.3 is 0 Å². The van der Waals surface area contributed by atoms with Crippen LogP contribution < -0.4 is 10.5 Å². The molecule has 20 heavy (non-hydrogen) atoms. The van der Waals surface area contributed by atoms with E-state index in [2.05, 4.69) is 4.72 Å². The highest BCUT2D eigenvalue weighted by molar-refractivity contribution is 7.89. The Balaban J connectivity index is 1.83. The summed E-state index contributed by atoms with van der Waals surface area (Å²) in [6.07, 6.45) is 2.91. The van der Waals surface area contributed by atoms with Gasteiger partial charge in [0, 0.05) is 12.3 Å². The standard InChI is InChI=1S/C13H17ClN2O3S/c14-10-4-3-9(15)7-12(10)20(17,18)16-11-5-6-19-13(11)8-1-2-8/h3-4,7-8,11,13,16H,1-2,5-6,15H2. The molecule has 0 spiro atoms. The van der Waals surface area contributed by atoms with Gasteiger partial charge < -0.3 is 10.5 Å². The van der Waals surface area contributed by atoms with Crippen LogP contribution in [0.4, 0.5) is 5.69 Å². The van der Waals surface area contributed by atoms with Gasteiger partial charge in [0.05, 0.1) is 17.2 Å². The second-order valence-corrected chi connectivity index (χ2v) is 7.47. The molecule has 0 radical (unpaired) electrons. The third-order valence-corrected chi connectivity index (χ3v) is 5.75. The van der Waals surface area contributed by atoms with Gasteiger partial charge in [-0.15, -0.1) is 0 Å². The second kappa shape index (κ2) is 5.18. The van der Waals surface area contributed by atoms with Gasteiger partial charge in [-0.25, -0.2) is 13.1 Å². The number of nitrogens with one attached hydrogen (secondary N) is 1. The minimum atomic E-state index is -3.68. The number of halogens is 1. The van der Waals surface area contributed by atoms with Gasteiger partial charge in [-0.2, -0.15) is 0 Å². The Bertz CT molecular complexity index is 616. The SMILES string of the molecule is Nc1ccc(Cl)c(S(=O)(=O)NC2CCOC2C2CC2)c1. The molecule has 110 valence electrons. The van der Waals surface area contributed by atoms with Crippen molar-refractivity contribution in [3.63, 3.8) is 0 Å². The molecule has 5 nitrogen and oxygen atoms in total. The van der Waals surface area contributed by atoms with Crippen molar-refractivity contribution in [1.29, 1.82) is 0 Å². The molecule has 2 fully saturated rings. The van der Waals surface area contributed by atoms with Gasteiger partial charge in [0.1, 0.15) is 4.90 Å². The average molecular weight is 317 g/mol. The average Bonchev–Trinajstić information content (AvgIpc) is 3.13. The summed E-state index contributed by atoms with van der Waals surface area (Å²) in [4.78, 5) is 0.0283. The third-order valence-electron chi connectivity index (χ3n) is 3.77. The van der Waals surface area contributed by atoms with E-state index in [0.29, 0.717) is 24.6 Å². The lowest BCUT2D eigenvalue weighted by molar-refractivity contribution is 0.0848. The van der Waals surface area contributed by atoms with Crippen LogP contribution >= 0.6 is 11.6 Å². The van der Waals surface area contributed by atoms with Gasteiger partial charge in [0.2, 0.25) is 10.0 Å². The molecule has 2 aliphatic rings. The van der Waals surface area contributed by atoms with E-state index in [1.807, 2.05) is 0 Å². The number of anilines is 1. The molecule has 1 aliphatic heterocycles. The van der Waals surface area contributed by atoms with Gasteiger partial charge in [-0.3, -0.25) is 0 Å². The van der Waals surface area contributed by atoms with Crippen molar-refractivity contribution in [2.75, 3.05) is 12.3 Å². The molecule has 1 saturated heterocycles. The van der Waals surface area contributed by atoms with Gasteiger partial charge in [-0.1, -0.05) is 11.6 Å². The van der Waals surface area contributed by atoms with Crippen molar-refractivity contribution in [2.24, 2.45) is 5.92 Å². The first-order valence-corrected chi connectivity index (χ1v) is 8.52. The molecule has 3 N–H and O–H groups in total. The summed E-state index contributed by atoms with van der Waals surface area (Å²) in [6.45, 7) is 0.596. The lowest BCUT2D eigenvalue weighted by Gasteiger charge is -2.20. The predicted octanol–water partition coefficient (Wildman–Crippen LogP) is 1.77. The fraction of sp³-hybridized carbons (Fsp3) is 0.538. The molecule has 1 saturated carbocycles. The highest BCUT2D eigenvalue weighted by Gasteiger charge is 2.42. The van der Waals surface area contributed by atoms with E-state index in [0.717, 1.165) is 12.8 Å². The summed E-state index contributed by atoms with van der Waals surface area (Å²) in [5.74, 6) is 0.488. The Kier molecular flexibility index (Phi) is 3.66. The van der Waals surface area contributed by atoms with Crippen LogP contribution in [-0.4, -0.2) is 27.2 Å². The first-order valence-electron chi connectivity index (χ1n) is 6.66. The number of rotatable bonds is 4. The predicted molar refractivity (Wildman–Crippen MR) is 77.1 cm³/mol. The molecule has 3 rings (SSSR count). The van der Waals surface area contributed by atoms with E-state index in [4.69, 9.17) is 22.1 Å². The molecule has 7 heteroatoms. The topological polar surface area (TPSA) is 81.4 Å². The Labute approximate surface area is 123 Å².